The molecule has 0 aliphatic carbocycles. The highest BCUT2D eigenvalue weighted by molar-refractivity contribution is 6.01. The van der Waals surface area contributed by atoms with E-state index >= 15 is 0 Å². The quantitative estimate of drug-likeness (QED) is 0.537. The second-order valence-electron chi connectivity index (χ2n) is 7.01. The zero-order chi connectivity index (χ0) is 20.1. The molecule has 0 heterocycles. The fourth-order valence-electron chi connectivity index (χ4n) is 3.37. The first-order chi connectivity index (χ1) is 13.5. The predicted molar refractivity (Wildman–Crippen MR) is 109 cm³/mol. The van der Waals surface area contributed by atoms with Crippen LogP contribution in [0.2, 0.25) is 0 Å². The van der Waals surface area contributed by atoms with E-state index < -0.39 is 16.6 Å². The molecule has 1 N–H and O–H groups in total. The second kappa shape index (κ2) is 8.30. The SMILES string of the molecule is CC(C(O)c1ccccc1)[N+](C)(C(=O)c1ccccc1)C(=O)c1ccccc1. The van der Waals surface area contributed by atoms with Crippen LogP contribution in [0.25, 0.3) is 0 Å². The van der Waals surface area contributed by atoms with E-state index in [1.807, 2.05) is 30.3 Å². The van der Waals surface area contributed by atoms with E-state index in [0.717, 1.165) is 0 Å². The Morgan fingerprint density at radius 2 is 1.07 bits per heavy atom. The summed E-state index contributed by atoms with van der Waals surface area (Å²) in [6.45, 7) is 1.74. The fourth-order valence-corrected chi connectivity index (χ4v) is 3.37. The molecule has 4 nitrogen and oxygen atoms in total. The van der Waals surface area contributed by atoms with Crippen LogP contribution < -0.4 is 0 Å². The summed E-state index contributed by atoms with van der Waals surface area (Å²) in [6.07, 6.45) is -0.980. The Labute approximate surface area is 165 Å². The van der Waals surface area contributed by atoms with E-state index in [9.17, 15) is 14.7 Å². The van der Waals surface area contributed by atoms with Crippen molar-refractivity contribution in [3.8, 4) is 0 Å². The Bertz CT molecular complexity index is 888. The number of benzene rings is 3. The lowest BCUT2D eigenvalue weighted by Crippen LogP contribution is -2.61. The Kier molecular flexibility index (Phi) is 5.83. The van der Waals surface area contributed by atoms with Crippen molar-refractivity contribution in [3.05, 3.63) is 108 Å². The molecular weight excluding hydrogens is 350 g/mol. The van der Waals surface area contributed by atoms with Crippen LogP contribution in [0.15, 0.2) is 91.0 Å². The first-order valence-electron chi connectivity index (χ1n) is 9.25. The summed E-state index contributed by atoms with van der Waals surface area (Å²) in [4.78, 5) is 27.0. The summed E-state index contributed by atoms with van der Waals surface area (Å²) >= 11 is 0. The van der Waals surface area contributed by atoms with Gasteiger partial charge >= 0.3 is 11.8 Å². The standard InChI is InChI=1S/C24H24NO3/c1-18(22(26)19-12-6-3-7-13-19)25(2,23(27)20-14-8-4-9-15-20)24(28)21-16-10-5-11-17-21/h3-18,22,26H,1-2H3/q+1. The van der Waals surface area contributed by atoms with Gasteiger partial charge in [-0.05, 0) is 36.8 Å². The molecule has 2 atom stereocenters. The van der Waals surface area contributed by atoms with E-state index in [1.54, 1.807) is 74.6 Å². The molecule has 2 unspecified atom stereocenters. The maximum Gasteiger partial charge on any atom is 0.353 e. The molecule has 4 heteroatoms. The summed E-state index contributed by atoms with van der Waals surface area (Å²) in [5.74, 6) is -0.700. The van der Waals surface area contributed by atoms with Crippen LogP contribution in [-0.4, -0.2) is 34.5 Å². The third-order valence-corrected chi connectivity index (χ3v) is 5.30. The first-order valence-corrected chi connectivity index (χ1v) is 9.25. The van der Waals surface area contributed by atoms with Gasteiger partial charge in [-0.1, -0.05) is 66.7 Å². The smallest absolute Gasteiger partial charge is 0.353 e. The molecular formula is C24H24NO3+. The number of carbonyl (C=O) groups excluding carboxylic acids is 2. The summed E-state index contributed by atoms with van der Waals surface area (Å²) in [7, 11) is 1.58. The predicted octanol–water partition coefficient (Wildman–Crippen LogP) is 4.24. The van der Waals surface area contributed by atoms with Gasteiger partial charge in [-0.25, -0.2) is 9.59 Å². The Morgan fingerprint density at radius 3 is 1.46 bits per heavy atom. The number of hydrogen-bond acceptors (Lipinski definition) is 3. The summed E-state index contributed by atoms with van der Waals surface area (Å²) in [5.41, 5.74) is 1.53. The number of quaternary nitrogens is 1. The molecule has 0 fully saturated rings. The van der Waals surface area contributed by atoms with Gasteiger partial charge in [0.25, 0.3) is 0 Å². The van der Waals surface area contributed by atoms with Gasteiger partial charge in [0, 0.05) is 0 Å². The molecule has 0 spiro atoms. The number of aliphatic hydroxyl groups excluding tert-OH is 1. The number of nitrogens with zero attached hydrogens (tertiary/aromatic N) is 1. The molecule has 28 heavy (non-hydrogen) atoms. The highest BCUT2D eigenvalue weighted by atomic mass is 16.3. The van der Waals surface area contributed by atoms with Gasteiger partial charge in [-0.15, -0.1) is 0 Å². The van der Waals surface area contributed by atoms with E-state index in [-0.39, 0.29) is 11.8 Å². The zero-order valence-electron chi connectivity index (χ0n) is 16.0. The van der Waals surface area contributed by atoms with E-state index in [0.29, 0.717) is 16.7 Å². The van der Waals surface area contributed by atoms with Crippen LogP contribution in [0.4, 0.5) is 0 Å². The van der Waals surface area contributed by atoms with Crippen molar-refractivity contribution < 1.29 is 19.2 Å². The second-order valence-corrected chi connectivity index (χ2v) is 7.01. The molecule has 0 aliphatic heterocycles. The number of hydrogen-bond donors (Lipinski definition) is 1. The normalized spacial score (nSPS) is 13.5. The Morgan fingerprint density at radius 1 is 0.714 bits per heavy atom. The van der Waals surface area contributed by atoms with Gasteiger partial charge in [0.2, 0.25) is 0 Å². The van der Waals surface area contributed by atoms with Crippen molar-refractivity contribution >= 4 is 11.8 Å². The fraction of sp³-hybridized carbons (Fsp3) is 0.167. The average Bonchev–Trinajstić information content (AvgIpc) is 2.78. The number of rotatable bonds is 5. The number of aliphatic hydroxyl groups is 1. The number of imide groups is 1. The van der Waals surface area contributed by atoms with Crippen molar-refractivity contribution in [2.24, 2.45) is 0 Å². The largest absolute Gasteiger partial charge is 0.382 e. The molecule has 142 valence electrons. The summed E-state index contributed by atoms with van der Waals surface area (Å²) in [5, 5.41) is 11.0. The summed E-state index contributed by atoms with van der Waals surface area (Å²) in [6, 6.07) is 25.9. The monoisotopic (exact) mass is 374 g/mol. The topological polar surface area (TPSA) is 54.4 Å². The molecule has 3 aromatic rings. The van der Waals surface area contributed by atoms with Crippen LogP contribution >= 0.6 is 0 Å². The highest BCUT2D eigenvalue weighted by Crippen LogP contribution is 2.30. The van der Waals surface area contributed by atoms with Crippen LogP contribution in [-0.2, 0) is 0 Å². The van der Waals surface area contributed by atoms with E-state index in [1.165, 1.54) is 0 Å². The molecule has 0 aliphatic rings. The molecule has 0 bridgehead atoms. The van der Waals surface area contributed by atoms with Gasteiger partial charge in [0.05, 0.1) is 18.2 Å². The van der Waals surface area contributed by atoms with Crippen molar-refractivity contribution in [1.82, 2.24) is 0 Å². The molecule has 0 saturated carbocycles. The molecule has 3 aromatic carbocycles. The average molecular weight is 374 g/mol. The van der Waals surface area contributed by atoms with Crippen molar-refractivity contribution in [2.75, 3.05) is 7.05 Å². The molecule has 0 aromatic heterocycles. The van der Waals surface area contributed by atoms with Gasteiger partial charge in [-0.2, -0.15) is 4.48 Å². The number of amides is 2. The first kappa shape index (κ1) is 19.7. The zero-order valence-corrected chi connectivity index (χ0v) is 16.0. The lowest BCUT2D eigenvalue weighted by Gasteiger charge is -2.37. The third-order valence-electron chi connectivity index (χ3n) is 5.30. The van der Waals surface area contributed by atoms with Crippen LogP contribution in [0, 0.1) is 0 Å². The minimum atomic E-state index is -0.980. The maximum atomic E-state index is 13.5. The molecule has 3 rings (SSSR count). The van der Waals surface area contributed by atoms with Gasteiger partial charge in [0.1, 0.15) is 12.1 Å². The van der Waals surface area contributed by atoms with Crippen LogP contribution in [0.3, 0.4) is 0 Å². The third kappa shape index (κ3) is 3.65. The molecule has 2 amide bonds. The van der Waals surface area contributed by atoms with Crippen molar-refractivity contribution in [2.45, 2.75) is 19.1 Å². The minimum Gasteiger partial charge on any atom is -0.382 e. The number of carbonyl (C=O) groups is 2. The Hall–Kier alpha value is -3.08. The van der Waals surface area contributed by atoms with E-state index in [4.69, 9.17) is 0 Å². The highest BCUT2D eigenvalue weighted by Gasteiger charge is 2.49. The summed E-state index contributed by atoms with van der Waals surface area (Å²) < 4.78 is -0.565. The van der Waals surface area contributed by atoms with Gasteiger partial charge in [0.15, 0.2) is 0 Å². The lowest BCUT2D eigenvalue weighted by atomic mass is 9.97. The number of likely N-dealkylation sites (N-methyl/N-ethyl adjacent to an activating group) is 1. The Balaban J connectivity index is 2.08. The minimum absolute atomic E-state index is 0.350. The van der Waals surface area contributed by atoms with E-state index in [2.05, 4.69) is 0 Å². The maximum absolute atomic E-state index is 13.5. The van der Waals surface area contributed by atoms with Gasteiger partial charge in [-0.3, -0.25) is 0 Å². The lowest BCUT2D eigenvalue weighted by molar-refractivity contribution is -0.777. The molecule has 0 saturated heterocycles. The van der Waals surface area contributed by atoms with Crippen molar-refractivity contribution in [3.63, 3.8) is 0 Å². The van der Waals surface area contributed by atoms with Crippen molar-refractivity contribution in [1.29, 1.82) is 0 Å². The van der Waals surface area contributed by atoms with Crippen LogP contribution in [0.1, 0.15) is 39.3 Å². The van der Waals surface area contributed by atoms with Crippen LogP contribution in [0.5, 0.6) is 0 Å². The molecule has 0 radical (unpaired) electrons. The van der Waals surface area contributed by atoms with Gasteiger partial charge < -0.3 is 5.11 Å².